The molecular weight excluding hydrogens is 188 g/mol. The minimum atomic E-state index is 0.234. The molecule has 2 heteroatoms. The minimum absolute atomic E-state index is 0.234. The van der Waals surface area contributed by atoms with Gasteiger partial charge in [0.1, 0.15) is 0 Å². The Bertz CT molecular complexity index is 291. The fourth-order valence-corrected chi connectivity index (χ4v) is 2.29. The van der Waals surface area contributed by atoms with Gasteiger partial charge >= 0.3 is 0 Å². The smallest absolute Gasteiger partial charge is 0.0851 e. The SMILES string of the molecule is COC1CC(C(OC)c2ccccc2)C1. The van der Waals surface area contributed by atoms with Crippen molar-refractivity contribution < 1.29 is 9.47 Å². The first-order valence-electron chi connectivity index (χ1n) is 5.45. The van der Waals surface area contributed by atoms with Gasteiger partial charge < -0.3 is 9.47 Å². The molecule has 1 fully saturated rings. The molecule has 0 aliphatic heterocycles. The summed E-state index contributed by atoms with van der Waals surface area (Å²) in [5, 5.41) is 0. The molecule has 1 aliphatic rings. The summed E-state index contributed by atoms with van der Waals surface area (Å²) in [5.41, 5.74) is 1.28. The maximum Gasteiger partial charge on any atom is 0.0851 e. The lowest BCUT2D eigenvalue weighted by molar-refractivity contribution is -0.0654. The van der Waals surface area contributed by atoms with Crippen molar-refractivity contribution in [2.45, 2.75) is 25.0 Å². The van der Waals surface area contributed by atoms with Crippen molar-refractivity contribution in [2.24, 2.45) is 5.92 Å². The molecule has 1 unspecified atom stereocenters. The fraction of sp³-hybridized carbons (Fsp3) is 0.538. The van der Waals surface area contributed by atoms with Crippen LogP contribution in [-0.4, -0.2) is 20.3 Å². The molecule has 0 aromatic heterocycles. The van der Waals surface area contributed by atoms with E-state index in [-0.39, 0.29) is 6.10 Å². The van der Waals surface area contributed by atoms with E-state index in [0.29, 0.717) is 12.0 Å². The molecule has 2 rings (SSSR count). The van der Waals surface area contributed by atoms with Crippen LogP contribution >= 0.6 is 0 Å². The van der Waals surface area contributed by atoms with E-state index in [1.165, 1.54) is 5.56 Å². The van der Waals surface area contributed by atoms with E-state index in [1.807, 2.05) is 6.07 Å². The Kier molecular flexibility index (Phi) is 3.39. The zero-order valence-corrected chi connectivity index (χ0v) is 9.35. The second-order valence-corrected chi connectivity index (χ2v) is 4.16. The summed E-state index contributed by atoms with van der Waals surface area (Å²) in [4.78, 5) is 0. The minimum Gasteiger partial charge on any atom is -0.381 e. The predicted octanol–water partition coefficient (Wildman–Crippen LogP) is 2.80. The molecule has 82 valence electrons. The first kappa shape index (κ1) is 10.7. The molecule has 1 aliphatic carbocycles. The topological polar surface area (TPSA) is 18.5 Å². The normalized spacial score (nSPS) is 27.1. The van der Waals surface area contributed by atoms with E-state index < -0.39 is 0 Å². The quantitative estimate of drug-likeness (QED) is 0.754. The lowest BCUT2D eigenvalue weighted by Crippen LogP contribution is -2.35. The van der Waals surface area contributed by atoms with Crippen molar-refractivity contribution in [3.63, 3.8) is 0 Å². The summed E-state index contributed by atoms with van der Waals surface area (Å²) in [6, 6.07) is 10.4. The number of hydrogen-bond donors (Lipinski definition) is 0. The van der Waals surface area contributed by atoms with Gasteiger partial charge in [0.05, 0.1) is 12.2 Å². The van der Waals surface area contributed by atoms with Crippen LogP contribution in [0.2, 0.25) is 0 Å². The molecule has 1 aromatic carbocycles. The molecule has 1 atom stereocenters. The molecule has 0 spiro atoms. The Labute approximate surface area is 91.2 Å². The number of rotatable bonds is 4. The van der Waals surface area contributed by atoms with Crippen molar-refractivity contribution >= 4 is 0 Å². The van der Waals surface area contributed by atoms with E-state index in [1.54, 1.807) is 14.2 Å². The first-order valence-corrected chi connectivity index (χ1v) is 5.45. The largest absolute Gasteiger partial charge is 0.381 e. The number of ether oxygens (including phenoxy) is 2. The lowest BCUT2D eigenvalue weighted by Gasteiger charge is -2.39. The lowest BCUT2D eigenvalue weighted by atomic mass is 9.76. The van der Waals surface area contributed by atoms with Crippen LogP contribution in [0, 0.1) is 5.92 Å². The van der Waals surface area contributed by atoms with E-state index >= 15 is 0 Å². The van der Waals surface area contributed by atoms with Gasteiger partial charge in [-0.2, -0.15) is 0 Å². The average Bonchev–Trinajstić information content (AvgIpc) is 2.24. The first-order chi connectivity index (χ1) is 7.35. The van der Waals surface area contributed by atoms with Gasteiger partial charge in [-0.25, -0.2) is 0 Å². The molecule has 0 amide bonds. The van der Waals surface area contributed by atoms with Gasteiger partial charge in [0.15, 0.2) is 0 Å². The van der Waals surface area contributed by atoms with Crippen LogP contribution in [0.3, 0.4) is 0 Å². The second kappa shape index (κ2) is 4.77. The van der Waals surface area contributed by atoms with Gasteiger partial charge in [0.25, 0.3) is 0 Å². The molecule has 1 aromatic rings. The summed E-state index contributed by atoms with van der Waals surface area (Å²) < 4.78 is 10.9. The van der Waals surface area contributed by atoms with Crippen LogP contribution in [0.25, 0.3) is 0 Å². The maximum absolute atomic E-state index is 5.58. The Morgan fingerprint density at radius 3 is 2.33 bits per heavy atom. The average molecular weight is 206 g/mol. The Morgan fingerprint density at radius 1 is 1.13 bits per heavy atom. The van der Waals surface area contributed by atoms with Crippen molar-refractivity contribution in [2.75, 3.05) is 14.2 Å². The highest BCUT2D eigenvalue weighted by Crippen LogP contribution is 2.40. The summed E-state index contributed by atoms with van der Waals surface area (Å²) >= 11 is 0. The molecule has 2 nitrogen and oxygen atoms in total. The van der Waals surface area contributed by atoms with Gasteiger partial charge in [0.2, 0.25) is 0 Å². The Hall–Kier alpha value is -0.860. The van der Waals surface area contributed by atoms with Crippen molar-refractivity contribution in [3.8, 4) is 0 Å². The number of hydrogen-bond acceptors (Lipinski definition) is 2. The van der Waals surface area contributed by atoms with Gasteiger partial charge in [-0.3, -0.25) is 0 Å². The summed E-state index contributed by atoms with van der Waals surface area (Å²) in [7, 11) is 3.57. The highest BCUT2D eigenvalue weighted by Gasteiger charge is 2.35. The third kappa shape index (κ3) is 2.21. The molecule has 0 saturated heterocycles. The van der Waals surface area contributed by atoms with E-state index in [0.717, 1.165) is 12.8 Å². The molecule has 0 radical (unpaired) electrons. The zero-order valence-electron chi connectivity index (χ0n) is 9.35. The standard InChI is InChI=1S/C13H18O2/c1-14-12-8-11(9-12)13(15-2)10-6-4-3-5-7-10/h3-7,11-13H,8-9H2,1-2H3. The van der Waals surface area contributed by atoms with Crippen molar-refractivity contribution in [3.05, 3.63) is 35.9 Å². The van der Waals surface area contributed by atoms with Gasteiger partial charge in [-0.1, -0.05) is 30.3 Å². The van der Waals surface area contributed by atoms with Gasteiger partial charge in [-0.05, 0) is 24.3 Å². The van der Waals surface area contributed by atoms with Crippen LogP contribution in [0.4, 0.5) is 0 Å². The van der Waals surface area contributed by atoms with E-state index in [4.69, 9.17) is 9.47 Å². The van der Waals surface area contributed by atoms with Crippen molar-refractivity contribution in [1.29, 1.82) is 0 Å². The Morgan fingerprint density at radius 2 is 1.80 bits per heavy atom. The molecule has 0 N–H and O–H groups in total. The summed E-state index contributed by atoms with van der Waals surface area (Å²) in [5.74, 6) is 0.613. The van der Waals surface area contributed by atoms with Gasteiger partial charge in [-0.15, -0.1) is 0 Å². The van der Waals surface area contributed by atoms with Crippen LogP contribution in [0.5, 0.6) is 0 Å². The molecular formula is C13H18O2. The maximum atomic E-state index is 5.58. The highest BCUT2D eigenvalue weighted by atomic mass is 16.5. The van der Waals surface area contributed by atoms with Crippen LogP contribution in [0.1, 0.15) is 24.5 Å². The Balaban J connectivity index is 2.00. The summed E-state index contributed by atoms with van der Waals surface area (Å²) in [6.45, 7) is 0. The highest BCUT2D eigenvalue weighted by molar-refractivity contribution is 5.19. The molecule has 0 heterocycles. The third-order valence-electron chi connectivity index (χ3n) is 3.27. The third-order valence-corrected chi connectivity index (χ3v) is 3.27. The number of benzene rings is 1. The number of methoxy groups -OCH3 is 2. The summed E-state index contributed by atoms with van der Waals surface area (Å²) in [6.07, 6.45) is 2.90. The monoisotopic (exact) mass is 206 g/mol. The van der Waals surface area contributed by atoms with E-state index in [9.17, 15) is 0 Å². The molecule has 0 bridgehead atoms. The fourth-order valence-electron chi connectivity index (χ4n) is 2.29. The zero-order chi connectivity index (χ0) is 10.7. The van der Waals surface area contributed by atoms with E-state index in [2.05, 4.69) is 24.3 Å². The van der Waals surface area contributed by atoms with Crippen molar-refractivity contribution in [1.82, 2.24) is 0 Å². The predicted molar refractivity (Wildman–Crippen MR) is 59.7 cm³/mol. The van der Waals surface area contributed by atoms with Crippen LogP contribution in [-0.2, 0) is 9.47 Å². The van der Waals surface area contributed by atoms with Crippen LogP contribution in [0.15, 0.2) is 30.3 Å². The molecule has 15 heavy (non-hydrogen) atoms. The molecule has 1 saturated carbocycles. The van der Waals surface area contributed by atoms with Crippen LogP contribution < -0.4 is 0 Å². The second-order valence-electron chi connectivity index (χ2n) is 4.16. The van der Waals surface area contributed by atoms with Gasteiger partial charge in [0, 0.05) is 14.2 Å².